The van der Waals surface area contributed by atoms with Crippen molar-refractivity contribution < 1.29 is 9.15 Å². The van der Waals surface area contributed by atoms with Crippen LogP contribution in [0.3, 0.4) is 0 Å². The molecule has 0 spiro atoms. The molecule has 0 saturated carbocycles. The molecule has 4 nitrogen and oxygen atoms in total. The Bertz CT molecular complexity index is 2050. The third-order valence-electron chi connectivity index (χ3n) is 7.80. The third-order valence-corrected chi connectivity index (χ3v) is 7.80. The van der Waals surface area contributed by atoms with E-state index in [-0.39, 0.29) is 0 Å². The number of anilines is 3. The lowest BCUT2D eigenvalue weighted by molar-refractivity contribution is 0.478. The van der Waals surface area contributed by atoms with Crippen molar-refractivity contribution in [1.82, 2.24) is 4.98 Å². The van der Waals surface area contributed by atoms with Crippen LogP contribution in [0.5, 0.6) is 11.5 Å². The zero-order valence-electron chi connectivity index (χ0n) is 20.8. The fourth-order valence-corrected chi connectivity index (χ4v) is 6.01. The maximum absolute atomic E-state index is 6.39. The lowest BCUT2D eigenvalue weighted by atomic mass is 10.0. The van der Waals surface area contributed by atoms with E-state index in [9.17, 15) is 0 Å². The van der Waals surface area contributed by atoms with Crippen molar-refractivity contribution in [2.24, 2.45) is 0 Å². The van der Waals surface area contributed by atoms with Crippen LogP contribution in [0.1, 0.15) is 0 Å². The minimum atomic E-state index is 0.631. The second kappa shape index (κ2) is 7.59. The first-order valence-electron chi connectivity index (χ1n) is 13.1. The molecule has 0 bridgehead atoms. The molecule has 1 aromatic heterocycles. The van der Waals surface area contributed by atoms with Crippen LogP contribution in [0, 0.1) is 0 Å². The van der Waals surface area contributed by atoms with Gasteiger partial charge >= 0.3 is 0 Å². The van der Waals surface area contributed by atoms with E-state index >= 15 is 0 Å². The molecule has 0 fully saturated rings. The summed E-state index contributed by atoms with van der Waals surface area (Å²) < 4.78 is 12.7. The van der Waals surface area contributed by atoms with Crippen molar-refractivity contribution in [2.75, 3.05) is 4.90 Å². The molecular formula is C35H20N2O2. The number of fused-ring (bicyclic) bond motifs is 6. The van der Waals surface area contributed by atoms with E-state index < -0.39 is 0 Å². The summed E-state index contributed by atoms with van der Waals surface area (Å²) in [6.45, 7) is 0. The summed E-state index contributed by atoms with van der Waals surface area (Å²) in [6, 6.07) is 42.0. The number of ether oxygens (including phenoxy) is 1. The predicted octanol–water partition coefficient (Wildman–Crippen LogP) is 9.87. The molecule has 1 aliphatic heterocycles. The first-order chi connectivity index (χ1) is 19.3. The first-order valence-corrected chi connectivity index (χ1v) is 13.1. The average Bonchev–Trinajstić information content (AvgIpc) is 3.55. The number of rotatable bonds is 2. The monoisotopic (exact) mass is 500 g/mol. The van der Waals surface area contributed by atoms with Gasteiger partial charge in [-0.2, -0.15) is 0 Å². The van der Waals surface area contributed by atoms with E-state index in [1.54, 1.807) is 0 Å². The summed E-state index contributed by atoms with van der Waals surface area (Å²) in [7, 11) is 0. The summed E-state index contributed by atoms with van der Waals surface area (Å²) in [5.41, 5.74) is 7.18. The maximum Gasteiger partial charge on any atom is 0.227 e. The van der Waals surface area contributed by atoms with Gasteiger partial charge in [0.15, 0.2) is 17.3 Å². The number of hydrogen-bond donors (Lipinski definition) is 0. The number of para-hydroxylation sites is 2. The van der Waals surface area contributed by atoms with Crippen LogP contribution in [-0.2, 0) is 0 Å². The Hall–Kier alpha value is -5.35. The topological polar surface area (TPSA) is 38.5 Å². The summed E-state index contributed by atoms with van der Waals surface area (Å²) in [4.78, 5) is 7.21. The van der Waals surface area contributed by atoms with Crippen LogP contribution in [0.15, 0.2) is 126 Å². The van der Waals surface area contributed by atoms with Crippen LogP contribution in [0.25, 0.3) is 55.6 Å². The normalized spacial score (nSPS) is 12.8. The molecule has 182 valence electrons. The van der Waals surface area contributed by atoms with Gasteiger partial charge < -0.3 is 14.1 Å². The Morgan fingerprint density at radius 2 is 1.28 bits per heavy atom. The van der Waals surface area contributed by atoms with Crippen molar-refractivity contribution in [3.8, 4) is 45.5 Å². The van der Waals surface area contributed by atoms with E-state index in [0.717, 1.165) is 62.1 Å². The lowest BCUT2D eigenvalue weighted by Gasteiger charge is -2.33. The van der Waals surface area contributed by atoms with Crippen LogP contribution < -0.4 is 9.64 Å². The quantitative estimate of drug-likeness (QED) is 0.237. The molecule has 9 rings (SSSR count). The first kappa shape index (κ1) is 20.7. The van der Waals surface area contributed by atoms with Gasteiger partial charge in [0.25, 0.3) is 0 Å². The highest BCUT2D eigenvalue weighted by atomic mass is 16.5. The second-order valence-electron chi connectivity index (χ2n) is 10.0. The number of oxazole rings is 1. The third kappa shape index (κ3) is 2.91. The van der Waals surface area contributed by atoms with Crippen molar-refractivity contribution in [3.05, 3.63) is 121 Å². The molecule has 0 atom stereocenters. The van der Waals surface area contributed by atoms with Crippen LogP contribution >= 0.6 is 0 Å². The van der Waals surface area contributed by atoms with Crippen LogP contribution in [0.2, 0.25) is 0 Å². The van der Waals surface area contributed by atoms with Gasteiger partial charge in [0, 0.05) is 27.8 Å². The van der Waals surface area contributed by atoms with Crippen molar-refractivity contribution in [1.29, 1.82) is 0 Å². The predicted molar refractivity (Wildman–Crippen MR) is 156 cm³/mol. The number of nitrogens with zero attached hydrogens (tertiary/aromatic N) is 2. The Labute approximate surface area is 224 Å². The van der Waals surface area contributed by atoms with E-state index in [2.05, 4.69) is 108 Å². The molecule has 0 N–H and O–H groups in total. The Morgan fingerprint density at radius 3 is 2.13 bits per heavy atom. The Balaban J connectivity index is 1.15. The fraction of sp³-hybridized carbons (Fsp3) is 0. The molecule has 0 radical (unpaired) electrons. The van der Waals surface area contributed by atoms with E-state index in [1.165, 1.54) is 16.2 Å². The summed E-state index contributed by atoms with van der Waals surface area (Å²) in [6.07, 6.45) is 0. The minimum Gasteiger partial charge on any atom is -0.453 e. The fourth-order valence-electron chi connectivity index (χ4n) is 6.01. The molecule has 4 heteroatoms. The molecule has 2 heterocycles. The SMILES string of the molecule is c1ccc2c(c1)Oc1cc3ccccc3cc1N2c1ccc(-c2nc3c(o2)-c2cccc4cccc-3c24)cc1. The molecule has 2 aliphatic rings. The molecule has 0 unspecified atom stereocenters. The van der Waals surface area contributed by atoms with Gasteiger partial charge in [-0.3, -0.25) is 0 Å². The summed E-state index contributed by atoms with van der Waals surface area (Å²) in [5.74, 6) is 3.16. The Morgan fingerprint density at radius 1 is 0.564 bits per heavy atom. The van der Waals surface area contributed by atoms with Gasteiger partial charge in [0.1, 0.15) is 5.69 Å². The zero-order chi connectivity index (χ0) is 25.5. The highest BCUT2D eigenvalue weighted by Crippen LogP contribution is 2.52. The van der Waals surface area contributed by atoms with Gasteiger partial charge in [0.05, 0.1) is 11.4 Å². The van der Waals surface area contributed by atoms with E-state index in [0.29, 0.717) is 5.89 Å². The van der Waals surface area contributed by atoms with Crippen LogP contribution in [-0.4, -0.2) is 4.98 Å². The molecule has 1 aliphatic carbocycles. The number of hydrogen-bond acceptors (Lipinski definition) is 4. The highest BCUT2D eigenvalue weighted by molar-refractivity contribution is 6.13. The van der Waals surface area contributed by atoms with Gasteiger partial charge in [0.2, 0.25) is 5.89 Å². The molecular weight excluding hydrogens is 480 g/mol. The minimum absolute atomic E-state index is 0.631. The highest BCUT2D eigenvalue weighted by Gasteiger charge is 2.29. The van der Waals surface area contributed by atoms with Crippen molar-refractivity contribution >= 4 is 38.6 Å². The van der Waals surface area contributed by atoms with Crippen molar-refractivity contribution in [2.45, 2.75) is 0 Å². The average molecular weight is 501 g/mol. The number of benzene rings is 6. The maximum atomic E-state index is 6.39. The largest absolute Gasteiger partial charge is 0.453 e. The molecule has 6 aromatic carbocycles. The summed E-state index contributed by atoms with van der Waals surface area (Å²) in [5, 5.41) is 4.76. The smallest absolute Gasteiger partial charge is 0.227 e. The van der Waals surface area contributed by atoms with E-state index in [1.807, 2.05) is 18.2 Å². The summed E-state index contributed by atoms with van der Waals surface area (Å²) >= 11 is 0. The van der Waals surface area contributed by atoms with Gasteiger partial charge in [-0.25, -0.2) is 4.98 Å². The van der Waals surface area contributed by atoms with Gasteiger partial charge in [-0.05, 0) is 64.7 Å². The van der Waals surface area contributed by atoms with E-state index in [4.69, 9.17) is 14.1 Å². The Kier molecular flexibility index (Phi) is 4.02. The molecule has 0 amide bonds. The zero-order valence-corrected chi connectivity index (χ0v) is 20.8. The second-order valence-corrected chi connectivity index (χ2v) is 10.0. The van der Waals surface area contributed by atoms with Gasteiger partial charge in [-0.15, -0.1) is 0 Å². The molecule has 0 saturated heterocycles. The molecule has 7 aromatic rings. The van der Waals surface area contributed by atoms with Crippen molar-refractivity contribution in [3.63, 3.8) is 0 Å². The molecule has 39 heavy (non-hydrogen) atoms. The standard InChI is InChI=1S/C35H20N2O2/c1-2-8-24-20-31-29(19-23(24)7-1)37(28-13-3-4-14-30(28)38-31)25-17-15-22(16-18-25)35-36-33-26-11-5-9-21-10-6-12-27(32(21)26)34(33)39-35/h1-20H. The number of aromatic nitrogens is 1. The lowest BCUT2D eigenvalue weighted by Crippen LogP contribution is -2.15. The van der Waals surface area contributed by atoms with Crippen LogP contribution in [0.4, 0.5) is 17.1 Å². The van der Waals surface area contributed by atoms with Gasteiger partial charge in [-0.1, -0.05) is 72.8 Å².